The lowest BCUT2D eigenvalue weighted by atomic mass is 9.78. The number of halogens is 4. The minimum Gasteiger partial charge on any atom is -0.379 e. The predicted molar refractivity (Wildman–Crippen MR) is 249 cm³/mol. The largest absolute Gasteiger partial charge is 0.501 e. The highest BCUT2D eigenvalue weighted by atomic mass is 35.5. The summed E-state index contributed by atoms with van der Waals surface area (Å²) in [6.45, 7) is 4.46. The van der Waals surface area contributed by atoms with Crippen LogP contribution in [0.25, 0.3) is 11.1 Å². The second kappa shape index (κ2) is 21.3. The van der Waals surface area contributed by atoms with E-state index in [1.54, 1.807) is 12.1 Å². The van der Waals surface area contributed by atoms with Crippen molar-refractivity contribution in [1.29, 1.82) is 5.26 Å². The van der Waals surface area contributed by atoms with Gasteiger partial charge in [-0.2, -0.15) is 18.4 Å². The summed E-state index contributed by atoms with van der Waals surface area (Å²) in [6, 6.07) is 36.7. The topological polar surface area (TPSA) is 125 Å². The number of nitrogens with zero attached hydrogens (tertiary/aromatic N) is 3. The number of rotatable bonds is 17. The number of piperidine rings is 1. The third-order valence-electron chi connectivity index (χ3n) is 12.2. The lowest BCUT2D eigenvalue weighted by molar-refractivity contribution is -0.0436. The van der Waals surface area contributed by atoms with Crippen LogP contribution in [0.1, 0.15) is 46.7 Å². The number of Topliss-reactive ketones (excluding diaryl/α,β-unsaturated/α-hetero) is 1. The first kappa shape index (κ1) is 48.2. The van der Waals surface area contributed by atoms with E-state index >= 15 is 0 Å². The molecule has 65 heavy (non-hydrogen) atoms. The van der Waals surface area contributed by atoms with E-state index in [1.807, 2.05) is 78.9 Å². The van der Waals surface area contributed by atoms with E-state index in [2.05, 4.69) is 15.9 Å². The molecule has 5 aromatic rings. The number of sulfone groups is 2. The number of thioether (sulfide) groups is 1. The molecule has 342 valence electrons. The molecule has 0 radical (unpaired) electrons. The van der Waals surface area contributed by atoms with Crippen LogP contribution in [-0.4, -0.2) is 90.5 Å². The van der Waals surface area contributed by atoms with Gasteiger partial charge in [-0.25, -0.2) is 16.8 Å². The molecule has 0 saturated carbocycles. The van der Waals surface area contributed by atoms with Crippen LogP contribution >= 0.6 is 23.4 Å². The van der Waals surface area contributed by atoms with Gasteiger partial charge < -0.3 is 9.64 Å². The second-order valence-corrected chi connectivity index (χ2v) is 21.8. The molecule has 2 aliphatic rings. The SMILES string of the molecule is N#C[C@H](c1ccccc1-c1ccc(Cl)cc1)C1CCN(c2ccc(C(=O)CS(=O)(=O)c3ccc(C[C@H](CCN4CCOCC4)CSc4ccccc4)c(S(=O)(=O)C(F)(F)F)c3)cc2)CC1. The standard InChI is InChI=1S/C49H49ClF3N3O6S3/c50-40-15-10-36(11-16-40)44-8-4-5-9-45(44)46(32-54)37-21-24-56(25-22-37)41-17-12-38(13-18-41)47(57)34-64(58,59)43-19-14-39(48(31-43)65(60,61)49(51,52)53)30-35(20-23-55-26-28-62-29-27-55)33-63-42-6-2-1-3-7-42/h1-19,31,35,37,46H,20-30,33-34H2/t35-,46-/m0/s1. The summed E-state index contributed by atoms with van der Waals surface area (Å²) in [6.07, 6.45) is 1.98. The van der Waals surface area contributed by atoms with Gasteiger partial charge >= 0.3 is 5.51 Å². The zero-order chi connectivity index (χ0) is 46.2. The average Bonchev–Trinajstić information content (AvgIpc) is 3.31. The molecule has 0 N–H and O–H groups in total. The van der Waals surface area contributed by atoms with Crippen LogP contribution in [0, 0.1) is 23.2 Å². The first-order valence-corrected chi connectivity index (χ1v) is 25.9. The number of nitriles is 1. The van der Waals surface area contributed by atoms with Crippen LogP contribution in [-0.2, 0) is 30.8 Å². The normalized spacial score (nSPS) is 16.4. The molecule has 0 spiro atoms. The van der Waals surface area contributed by atoms with Crippen LogP contribution in [0.15, 0.2) is 136 Å². The summed E-state index contributed by atoms with van der Waals surface area (Å²) in [4.78, 5) is 16.9. The molecule has 2 saturated heterocycles. The third-order valence-corrected chi connectivity index (χ3v) is 16.8. The van der Waals surface area contributed by atoms with Gasteiger partial charge in [-0.15, -0.1) is 11.8 Å². The van der Waals surface area contributed by atoms with Gasteiger partial charge in [0.1, 0.15) is 5.75 Å². The summed E-state index contributed by atoms with van der Waals surface area (Å²) < 4.78 is 102. The Bertz CT molecular complexity index is 2690. The van der Waals surface area contributed by atoms with Crippen LogP contribution in [0.2, 0.25) is 5.02 Å². The van der Waals surface area contributed by atoms with Crippen molar-refractivity contribution in [2.75, 3.05) is 62.3 Å². The molecule has 9 nitrogen and oxygen atoms in total. The average molecular weight is 965 g/mol. The highest BCUT2D eigenvalue weighted by Gasteiger charge is 2.48. The number of ketones is 1. The van der Waals surface area contributed by atoms with Crippen LogP contribution in [0.5, 0.6) is 0 Å². The summed E-state index contributed by atoms with van der Waals surface area (Å²) in [5.74, 6) is -1.90. The van der Waals surface area contributed by atoms with Crippen LogP contribution in [0.4, 0.5) is 18.9 Å². The van der Waals surface area contributed by atoms with Gasteiger partial charge in [-0.1, -0.05) is 72.3 Å². The number of carbonyl (C=O) groups excluding carboxylic acids is 1. The van der Waals surface area contributed by atoms with Gasteiger partial charge in [0.05, 0.1) is 35.0 Å². The maximum absolute atomic E-state index is 14.2. The van der Waals surface area contributed by atoms with Crippen molar-refractivity contribution in [3.63, 3.8) is 0 Å². The zero-order valence-electron chi connectivity index (χ0n) is 35.5. The summed E-state index contributed by atoms with van der Waals surface area (Å²) in [5.41, 5.74) is -2.03. The highest BCUT2D eigenvalue weighted by molar-refractivity contribution is 7.99. The monoisotopic (exact) mass is 963 g/mol. The lowest BCUT2D eigenvalue weighted by Crippen LogP contribution is -2.37. The molecule has 2 heterocycles. The Labute approximate surface area is 388 Å². The number of morpholine rings is 1. The third kappa shape index (κ3) is 12.0. The number of anilines is 1. The number of carbonyl (C=O) groups is 1. The summed E-state index contributed by atoms with van der Waals surface area (Å²) >= 11 is 7.64. The fraction of sp³-hybridized carbons (Fsp3) is 0.347. The van der Waals surface area contributed by atoms with E-state index in [0.717, 1.165) is 52.2 Å². The lowest BCUT2D eigenvalue weighted by Gasteiger charge is -2.36. The van der Waals surface area contributed by atoms with Crippen molar-refractivity contribution in [3.05, 3.63) is 143 Å². The maximum Gasteiger partial charge on any atom is 0.501 e. The van der Waals surface area contributed by atoms with Gasteiger partial charge in [-0.05, 0) is 127 Å². The number of ether oxygens (including phenoxy) is 1. The molecule has 0 aliphatic carbocycles. The van der Waals surface area contributed by atoms with E-state index in [0.29, 0.717) is 69.2 Å². The van der Waals surface area contributed by atoms with Crippen molar-refractivity contribution in [1.82, 2.24) is 4.90 Å². The molecule has 0 unspecified atom stereocenters. The van der Waals surface area contributed by atoms with Crippen molar-refractivity contribution >= 4 is 54.5 Å². The van der Waals surface area contributed by atoms with E-state index in [1.165, 1.54) is 23.9 Å². The molecule has 16 heteroatoms. The maximum atomic E-state index is 14.2. The number of hydrogen-bond donors (Lipinski definition) is 0. The summed E-state index contributed by atoms with van der Waals surface area (Å²) in [7, 11) is -10.6. The minimum atomic E-state index is -5.98. The number of hydrogen-bond acceptors (Lipinski definition) is 10. The van der Waals surface area contributed by atoms with Crippen molar-refractivity contribution in [3.8, 4) is 17.2 Å². The summed E-state index contributed by atoms with van der Waals surface area (Å²) in [5, 5.41) is 11.0. The Morgan fingerprint density at radius 3 is 2.17 bits per heavy atom. The van der Waals surface area contributed by atoms with Crippen molar-refractivity contribution in [2.45, 2.75) is 51.8 Å². The predicted octanol–water partition coefficient (Wildman–Crippen LogP) is 10.2. The molecular formula is C49H49ClF3N3O6S3. The Kier molecular flexibility index (Phi) is 15.8. The minimum absolute atomic E-state index is 0.0463. The molecule has 2 fully saturated rings. The highest BCUT2D eigenvalue weighted by Crippen LogP contribution is 2.39. The fourth-order valence-electron chi connectivity index (χ4n) is 8.53. The van der Waals surface area contributed by atoms with E-state index in [4.69, 9.17) is 16.3 Å². The quantitative estimate of drug-likeness (QED) is 0.0657. The van der Waals surface area contributed by atoms with Gasteiger partial charge in [0.2, 0.25) is 0 Å². The Hall–Kier alpha value is -4.69. The molecule has 5 aromatic carbocycles. The molecule has 2 aliphatic heterocycles. The molecule has 0 bridgehead atoms. The number of benzene rings is 5. The molecular weight excluding hydrogens is 915 g/mol. The Morgan fingerprint density at radius 1 is 0.846 bits per heavy atom. The van der Waals surface area contributed by atoms with E-state index in [-0.39, 0.29) is 35.3 Å². The van der Waals surface area contributed by atoms with Crippen LogP contribution < -0.4 is 4.90 Å². The molecule has 0 aromatic heterocycles. The van der Waals surface area contributed by atoms with Crippen molar-refractivity contribution in [2.24, 2.45) is 11.8 Å². The van der Waals surface area contributed by atoms with Gasteiger partial charge in [-0.3, -0.25) is 9.69 Å². The number of alkyl halides is 3. The van der Waals surface area contributed by atoms with Gasteiger partial charge in [0.25, 0.3) is 9.84 Å². The smallest absolute Gasteiger partial charge is 0.379 e. The first-order valence-electron chi connectivity index (χ1n) is 21.4. The van der Waals surface area contributed by atoms with Crippen LogP contribution in [0.3, 0.4) is 0 Å². The van der Waals surface area contributed by atoms with Gasteiger partial charge in [0.15, 0.2) is 15.6 Å². The molecule has 7 rings (SSSR count). The Morgan fingerprint density at radius 2 is 1.51 bits per heavy atom. The molecule has 0 amide bonds. The van der Waals surface area contributed by atoms with E-state index < -0.39 is 46.5 Å². The Balaban J connectivity index is 1.03. The second-order valence-electron chi connectivity index (χ2n) is 16.4. The van der Waals surface area contributed by atoms with E-state index in [9.17, 15) is 40.1 Å². The van der Waals surface area contributed by atoms with Gasteiger partial charge in [0, 0.05) is 53.1 Å². The molecule has 2 atom stereocenters. The van der Waals surface area contributed by atoms with Crippen molar-refractivity contribution < 1.29 is 39.5 Å². The first-order chi connectivity index (χ1) is 31.1. The fourth-order valence-corrected chi connectivity index (χ4v) is 12.1. The zero-order valence-corrected chi connectivity index (χ0v) is 38.7.